The molecule has 110 valence electrons. The molecule has 1 heterocycles. The first-order valence-corrected chi connectivity index (χ1v) is 7.93. The highest BCUT2D eigenvalue weighted by Gasteiger charge is 2.28. The average Bonchev–Trinajstić information content (AvgIpc) is 2.39. The number of ether oxygens (including phenoxy) is 1. The number of nitrogen functional groups attached to an aromatic ring is 1. The first kappa shape index (κ1) is 15.0. The predicted molar refractivity (Wildman–Crippen MR) is 84.4 cm³/mol. The van der Waals surface area contributed by atoms with Crippen LogP contribution in [-0.4, -0.2) is 41.0 Å². The lowest BCUT2D eigenvalue weighted by Crippen LogP contribution is -2.44. The Labute approximate surface area is 124 Å². The second-order valence-electron chi connectivity index (χ2n) is 5.12. The van der Waals surface area contributed by atoms with Crippen LogP contribution in [0.1, 0.15) is 31.1 Å². The number of hydrogen-bond acceptors (Lipinski definition) is 4. The Morgan fingerprint density at radius 3 is 2.65 bits per heavy atom. The number of para-hydroxylation sites is 1. The number of benzene rings is 1. The maximum atomic E-state index is 12.7. The van der Waals surface area contributed by atoms with Crippen molar-refractivity contribution in [2.24, 2.45) is 0 Å². The van der Waals surface area contributed by atoms with E-state index in [-0.39, 0.29) is 5.91 Å². The number of carbonyl (C=O) groups excluding carboxylic acids is 1. The van der Waals surface area contributed by atoms with Gasteiger partial charge >= 0.3 is 0 Å². The van der Waals surface area contributed by atoms with Crippen molar-refractivity contribution >= 4 is 23.4 Å². The standard InChI is InChI=1S/C15H22N2O2S/c1-4-19-14-12(6-5-7-13(14)16)15(18)17-8-10(2)20-11(3)9-17/h5-7,10-11H,4,8-9,16H2,1-3H3. The Hall–Kier alpha value is -1.36. The zero-order valence-corrected chi connectivity index (χ0v) is 13.1. The van der Waals surface area contributed by atoms with Gasteiger partial charge < -0.3 is 15.4 Å². The molecule has 1 aromatic carbocycles. The van der Waals surface area contributed by atoms with E-state index in [1.807, 2.05) is 23.6 Å². The van der Waals surface area contributed by atoms with Gasteiger partial charge in [-0.25, -0.2) is 0 Å². The molecule has 4 nitrogen and oxygen atoms in total. The van der Waals surface area contributed by atoms with Crippen LogP contribution in [0.25, 0.3) is 0 Å². The minimum absolute atomic E-state index is 0.0137. The number of anilines is 1. The van der Waals surface area contributed by atoms with Crippen LogP contribution in [0.3, 0.4) is 0 Å². The van der Waals surface area contributed by atoms with Crippen molar-refractivity contribution in [2.75, 3.05) is 25.4 Å². The summed E-state index contributed by atoms with van der Waals surface area (Å²) in [5, 5.41) is 0.915. The fourth-order valence-electron chi connectivity index (χ4n) is 2.54. The highest BCUT2D eigenvalue weighted by molar-refractivity contribution is 8.00. The summed E-state index contributed by atoms with van der Waals surface area (Å²) in [6, 6.07) is 5.36. The van der Waals surface area contributed by atoms with E-state index >= 15 is 0 Å². The zero-order valence-electron chi connectivity index (χ0n) is 12.3. The molecule has 1 aliphatic heterocycles. The maximum Gasteiger partial charge on any atom is 0.257 e. The number of nitrogens with two attached hydrogens (primary N) is 1. The van der Waals surface area contributed by atoms with Gasteiger partial charge in [0.15, 0.2) is 5.75 Å². The quantitative estimate of drug-likeness (QED) is 0.871. The third-order valence-corrected chi connectivity index (χ3v) is 4.50. The highest BCUT2D eigenvalue weighted by atomic mass is 32.2. The monoisotopic (exact) mass is 294 g/mol. The molecule has 0 bridgehead atoms. The highest BCUT2D eigenvalue weighted by Crippen LogP contribution is 2.30. The van der Waals surface area contributed by atoms with Gasteiger partial charge in [0.2, 0.25) is 0 Å². The van der Waals surface area contributed by atoms with Crippen LogP contribution in [-0.2, 0) is 0 Å². The number of carbonyl (C=O) groups is 1. The molecular weight excluding hydrogens is 272 g/mol. The van der Waals surface area contributed by atoms with Crippen LogP contribution < -0.4 is 10.5 Å². The molecule has 0 aliphatic carbocycles. The Morgan fingerprint density at radius 2 is 2.05 bits per heavy atom. The summed E-state index contributed by atoms with van der Waals surface area (Å²) in [4.78, 5) is 14.6. The number of amides is 1. The van der Waals surface area contributed by atoms with Crippen molar-refractivity contribution in [3.63, 3.8) is 0 Å². The molecular formula is C15H22N2O2S. The van der Waals surface area contributed by atoms with Crippen LogP contribution >= 0.6 is 11.8 Å². The van der Waals surface area contributed by atoms with Gasteiger partial charge in [0.25, 0.3) is 5.91 Å². The summed E-state index contributed by atoms with van der Waals surface area (Å²) in [6.07, 6.45) is 0. The SMILES string of the molecule is CCOc1c(N)cccc1C(=O)N1CC(C)SC(C)C1. The van der Waals surface area contributed by atoms with Crippen LogP contribution in [0.2, 0.25) is 0 Å². The Morgan fingerprint density at radius 1 is 1.40 bits per heavy atom. The second-order valence-corrected chi connectivity index (χ2v) is 7.01. The van der Waals surface area contributed by atoms with Crippen molar-refractivity contribution in [1.82, 2.24) is 4.90 Å². The normalized spacial score (nSPS) is 22.6. The van der Waals surface area contributed by atoms with Crippen LogP contribution in [0.4, 0.5) is 5.69 Å². The summed E-state index contributed by atoms with van der Waals surface area (Å²) < 4.78 is 5.56. The van der Waals surface area contributed by atoms with Gasteiger partial charge in [-0.3, -0.25) is 4.79 Å². The van der Waals surface area contributed by atoms with E-state index in [4.69, 9.17) is 10.5 Å². The van der Waals surface area contributed by atoms with E-state index in [9.17, 15) is 4.79 Å². The van der Waals surface area contributed by atoms with Crippen LogP contribution in [0.5, 0.6) is 5.75 Å². The topological polar surface area (TPSA) is 55.6 Å². The first-order valence-electron chi connectivity index (χ1n) is 6.99. The molecule has 1 aromatic rings. The molecule has 2 atom stereocenters. The largest absolute Gasteiger partial charge is 0.491 e. The molecule has 0 radical (unpaired) electrons. The summed E-state index contributed by atoms with van der Waals surface area (Å²) in [7, 11) is 0. The number of hydrogen-bond donors (Lipinski definition) is 1. The second kappa shape index (κ2) is 6.39. The summed E-state index contributed by atoms with van der Waals surface area (Å²) >= 11 is 1.93. The van der Waals surface area contributed by atoms with E-state index in [0.29, 0.717) is 34.1 Å². The van der Waals surface area contributed by atoms with E-state index in [0.717, 1.165) is 13.1 Å². The third kappa shape index (κ3) is 3.20. The molecule has 0 spiro atoms. The van der Waals surface area contributed by atoms with Gasteiger partial charge in [-0.05, 0) is 19.1 Å². The number of thioether (sulfide) groups is 1. The Balaban J connectivity index is 2.26. The van der Waals surface area contributed by atoms with Crippen molar-refractivity contribution in [3.05, 3.63) is 23.8 Å². The molecule has 2 rings (SSSR count). The van der Waals surface area contributed by atoms with Crippen LogP contribution in [0.15, 0.2) is 18.2 Å². The van der Waals surface area contributed by atoms with Crippen LogP contribution in [0, 0.1) is 0 Å². The molecule has 1 saturated heterocycles. The zero-order chi connectivity index (χ0) is 14.7. The number of rotatable bonds is 3. The Kier molecular flexibility index (Phi) is 4.81. The number of nitrogens with zero attached hydrogens (tertiary/aromatic N) is 1. The van der Waals surface area contributed by atoms with Crippen molar-refractivity contribution in [2.45, 2.75) is 31.3 Å². The van der Waals surface area contributed by atoms with Gasteiger partial charge in [-0.15, -0.1) is 0 Å². The van der Waals surface area contributed by atoms with E-state index < -0.39 is 0 Å². The maximum absolute atomic E-state index is 12.7. The average molecular weight is 294 g/mol. The minimum atomic E-state index is 0.0137. The Bertz CT molecular complexity index is 483. The fourth-order valence-corrected chi connectivity index (χ4v) is 3.87. The molecule has 2 unspecified atom stereocenters. The lowest BCUT2D eigenvalue weighted by Gasteiger charge is -2.35. The smallest absolute Gasteiger partial charge is 0.257 e. The fraction of sp³-hybridized carbons (Fsp3) is 0.533. The van der Waals surface area contributed by atoms with Crippen molar-refractivity contribution in [1.29, 1.82) is 0 Å². The minimum Gasteiger partial charge on any atom is -0.491 e. The molecule has 2 N–H and O–H groups in total. The third-order valence-electron chi connectivity index (χ3n) is 3.27. The summed E-state index contributed by atoms with van der Waals surface area (Å²) in [5.41, 5.74) is 7.02. The van der Waals surface area contributed by atoms with E-state index in [1.54, 1.807) is 18.2 Å². The van der Waals surface area contributed by atoms with E-state index in [2.05, 4.69) is 13.8 Å². The lowest BCUT2D eigenvalue weighted by molar-refractivity contribution is 0.0749. The first-order chi connectivity index (χ1) is 9.52. The molecule has 0 aromatic heterocycles. The van der Waals surface area contributed by atoms with Gasteiger partial charge in [-0.2, -0.15) is 11.8 Å². The lowest BCUT2D eigenvalue weighted by atomic mass is 10.1. The molecule has 1 fully saturated rings. The van der Waals surface area contributed by atoms with Crippen molar-refractivity contribution in [3.8, 4) is 5.75 Å². The van der Waals surface area contributed by atoms with Gasteiger partial charge in [-0.1, -0.05) is 19.9 Å². The molecule has 5 heteroatoms. The predicted octanol–water partition coefficient (Wildman–Crippen LogP) is 2.63. The molecule has 20 heavy (non-hydrogen) atoms. The van der Waals surface area contributed by atoms with Crippen molar-refractivity contribution < 1.29 is 9.53 Å². The molecule has 0 saturated carbocycles. The van der Waals surface area contributed by atoms with Gasteiger partial charge in [0, 0.05) is 23.6 Å². The van der Waals surface area contributed by atoms with E-state index in [1.165, 1.54) is 0 Å². The van der Waals surface area contributed by atoms with Gasteiger partial charge in [0.05, 0.1) is 17.9 Å². The van der Waals surface area contributed by atoms with Gasteiger partial charge in [0.1, 0.15) is 0 Å². The molecule has 1 aliphatic rings. The molecule has 1 amide bonds. The summed E-state index contributed by atoms with van der Waals surface area (Å²) in [5.74, 6) is 0.526. The summed E-state index contributed by atoms with van der Waals surface area (Å²) in [6.45, 7) is 8.24.